The second-order valence-corrected chi connectivity index (χ2v) is 10.6. The minimum Gasteiger partial charge on any atom is -0.256 e. The highest BCUT2D eigenvalue weighted by Crippen LogP contribution is 2.40. The average molecular weight is 535 g/mol. The standard InChI is InChI=1S/C40H26N2/c1-3-11-27(12-4-1)35-25-37-36(28-13-5-2-6-14-28)26-38(42-40(37)34-18-8-7-17-33(34)35)30-22-20-29(21-23-30)32-19-9-15-31-16-10-24-41-39(31)32/h1-26H. The summed E-state index contributed by atoms with van der Waals surface area (Å²) in [6, 6.07) is 53.7. The van der Waals surface area contributed by atoms with E-state index in [1.54, 1.807) is 0 Å². The number of pyridine rings is 2. The second-order valence-electron chi connectivity index (χ2n) is 10.6. The van der Waals surface area contributed by atoms with Crippen LogP contribution in [-0.4, -0.2) is 9.97 Å². The first-order chi connectivity index (χ1) is 20.8. The van der Waals surface area contributed by atoms with Gasteiger partial charge in [-0.3, -0.25) is 4.98 Å². The van der Waals surface area contributed by atoms with E-state index in [9.17, 15) is 0 Å². The lowest BCUT2D eigenvalue weighted by molar-refractivity contribution is 1.40. The Labute approximate surface area is 244 Å². The fourth-order valence-electron chi connectivity index (χ4n) is 6.07. The lowest BCUT2D eigenvalue weighted by Gasteiger charge is -2.16. The van der Waals surface area contributed by atoms with Crippen LogP contribution in [-0.2, 0) is 0 Å². The van der Waals surface area contributed by atoms with Crippen molar-refractivity contribution in [2.45, 2.75) is 0 Å². The molecule has 0 aliphatic heterocycles. The smallest absolute Gasteiger partial charge is 0.0794 e. The third-order valence-corrected chi connectivity index (χ3v) is 8.11. The van der Waals surface area contributed by atoms with Crippen LogP contribution < -0.4 is 0 Å². The molecule has 0 spiro atoms. The van der Waals surface area contributed by atoms with Gasteiger partial charge in [0.15, 0.2) is 0 Å². The molecule has 42 heavy (non-hydrogen) atoms. The van der Waals surface area contributed by atoms with Crippen LogP contribution in [0.2, 0.25) is 0 Å². The molecule has 0 aliphatic carbocycles. The molecule has 2 aromatic heterocycles. The Bertz CT molecular complexity index is 2210. The molecule has 0 bridgehead atoms. The van der Waals surface area contributed by atoms with E-state index in [2.05, 4.69) is 151 Å². The molecule has 0 aliphatic rings. The third kappa shape index (κ3) is 4.13. The summed E-state index contributed by atoms with van der Waals surface area (Å²) in [5.74, 6) is 0. The summed E-state index contributed by atoms with van der Waals surface area (Å²) < 4.78 is 0. The maximum absolute atomic E-state index is 5.33. The average Bonchev–Trinajstić information content (AvgIpc) is 3.08. The fourth-order valence-corrected chi connectivity index (χ4v) is 6.07. The van der Waals surface area contributed by atoms with Crippen LogP contribution in [0.4, 0.5) is 0 Å². The van der Waals surface area contributed by atoms with Gasteiger partial charge in [0.2, 0.25) is 0 Å². The van der Waals surface area contributed by atoms with Gasteiger partial charge in [-0.25, -0.2) is 4.98 Å². The number of rotatable bonds is 4. The van der Waals surface area contributed by atoms with Gasteiger partial charge in [0, 0.05) is 33.5 Å². The first-order valence-electron chi connectivity index (χ1n) is 14.3. The molecule has 8 aromatic rings. The van der Waals surface area contributed by atoms with E-state index in [0.29, 0.717) is 0 Å². The molecule has 0 saturated heterocycles. The number of hydrogen-bond donors (Lipinski definition) is 0. The Morgan fingerprint density at radius 1 is 0.357 bits per heavy atom. The van der Waals surface area contributed by atoms with E-state index in [0.717, 1.165) is 49.6 Å². The predicted molar refractivity (Wildman–Crippen MR) is 176 cm³/mol. The quantitative estimate of drug-likeness (QED) is 0.210. The Morgan fingerprint density at radius 2 is 0.952 bits per heavy atom. The van der Waals surface area contributed by atoms with E-state index >= 15 is 0 Å². The Kier molecular flexibility index (Phi) is 5.82. The summed E-state index contributed by atoms with van der Waals surface area (Å²) in [5, 5.41) is 4.66. The molecule has 196 valence electrons. The highest BCUT2D eigenvalue weighted by atomic mass is 14.7. The van der Waals surface area contributed by atoms with Crippen LogP contribution in [0.15, 0.2) is 158 Å². The maximum Gasteiger partial charge on any atom is 0.0794 e. The van der Waals surface area contributed by atoms with E-state index in [4.69, 9.17) is 4.98 Å². The number of aromatic nitrogens is 2. The number of hydrogen-bond acceptors (Lipinski definition) is 2. The van der Waals surface area contributed by atoms with Crippen molar-refractivity contribution in [1.29, 1.82) is 0 Å². The van der Waals surface area contributed by atoms with E-state index in [-0.39, 0.29) is 0 Å². The third-order valence-electron chi connectivity index (χ3n) is 8.11. The number of para-hydroxylation sites is 1. The van der Waals surface area contributed by atoms with Crippen molar-refractivity contribution >= 4 is 32.6 Å². The summed E-state index contributed by atoms with van der Waals surface area (Å²) in [4.78, 5) is 10.00. The first kappa shape index (κ1) is 24.2. The lowest BCUT2D eigenvalue weighted by atomic mass is 9.91. The zero-order valence-corrected chi connectivity index (χ0v) is 22.9. The molecule has 0 unspecified atom stereocenters. The van der Waals surface area contributed by atoms with Crippen molar-refractivity contribution < 1.29 is 0 Å². The highest BCUT2D eigenvalue weighted by Gasteiger charge is 2.16. The van der Waals surface area contributed by atoms with Gasteiger partial charge in [-0.05, 0) is 51.4 Å². The molecule has 2 heterocycles. The van der Waals surface area contributed by atoms with Crippen molar-refractivity contribution in [3.05, 3.63) is 158 Å². The molecule has 2 heteroatoms. The molecule has 8 rings (SSSR count). The largest absolute Gasteiger partial charge is 0.256 e. The number of benzene rings is 6. The van der Waals surface area contributed by atoms with Gasteiger partial charge in [-0.2, -0.15) is 0 Å². The van der Waals surface area contributed by atoms with Gasteiger partial charge in [0.1, 0.15) is 0 Å². The van der Waals surface area contributed by atoms with Crippen molar-refractivity contribution in [3.63, 3.8) is 0 Å². The normalized spacial score (nSPS) is 11.3. The van der Waals surface area contributed by atoms with Crippen LogP contribution >= 0.6 is 0 Å². The van der Waals surface area contributed by atoms with Crippen molar-refractivity contribution in [2.75, 3.05) is 0 Å². The van der Waals surface area contributed by atoms with Crippen LogP contribution in [0, 0.1) is 0 Å². The second kappa shape index (κ2) is 10.1. The zero-order chi connectivity index (χ0) is 27.9. The van der Waals surface area contributed by atoms with Crippen LogP contribution in [0.3, 0.4) is 0 Å². The maximum atomic E-state index is 5.33. The molecule has 0 N–H and O–H groups in total. The Balaban J connectivity index is 1.35. The fraction of sp³-hybridized carbons (Fsp3) is 0. The summed E-state index contributed by atoms with van der Waals surface area (Å²) in [7, 11) is 0. The summed E-state index contributed by atoms with van der Waals surface area (Å²) in [6.07, 6.45) is 1.86. The molecule has 2 nitrogen and oxygen atoms in total. The predicted octanol–water partition coefficient (Wildman–Crippen LogP) is 10.6. The molecule has 0 radical (unpaired) electrons. The van der Waals surface area contributed by atoms with Crippen molar-refractivity contribution in [3.8, 4) is 44.6 Å². The van der Waals surface area contributed by atoms with Gasteiger partial charge in [0.05, 0.1) is 16.7 Å². The monoisotopic (exact) mass is 534 g/mol. The van der Waals surface area contributed by atoms with Crippen LogP contribution in [0.25, 0.3) is 77.2 Å². The topological polar surface area (TPSA) is 25.8 Å². The van der Waals surface area contributed by atoms with Gasteiger partial charge in [-0.15, -0.1) is 0 Å². The van der Waals surface area contributed by atoms with Gasteiger partial charge in [0.25, 0.3) is 0 Å². The Hall–Kier alpha value is -5.60. The highest BCUT2D eigenvalue weighted by molar-refractivity contribution is 6.16. The summed E-state index contributed by atoms with van der Waals surface area (Å²) in [6.45, 7) is 0. The van der Waals surface area contributed by atoms with Gasteiger partial charge >= 0.3 is 0 Å². The van der Waals surface area contributed by atoms with E-state index < -0.39 is 0 Å². The van der Waals surface area contributed by atoms with Crippen LogP contribution in [0.5, 0.6) is 0 Å². The van der Waals surface area contributed by atoms with E-state index in [1.807, 2.05) is 12.3 Å². The molecule has 0 atom stereocenters. The number of nitrogens with zero attached hydrogens (tertiary/aromatic N) is 2. The molecular weight excluding hydrogens is 508 g/mol. The van der Waals surface area contributed by atoms with E-state index in [1.165, 1.54) is 27.6 Å². The summed E-state index contributed by atoms with van der Waals surface area (Å²) >= 11 is 0. The molecule has 0 saturated carbocycles. The van der Waals surface area contributed by atoms with Crippen molar-refractivity contribution in [2.24, 2.45) is 0 Å². The first-order valence-corrected chi connectivity index (χ1v) is 14.3. The molecule has 0 amide bonds. The Morgan fingerprint density at radius 3 is 1.69 bits per heavy atom. The van der Waals surface area contributed by atoms with Gasteiger partial charge < -0.3 is 0 Å². The SMILES string of the molecule is c1ccc(-c2cc3c(-c4ccccc4)cc(-c4ccc(-c5cccc6cccnc56)cc4)nc3c3ccccc23)cc1. The van der Waals surface area contributed by atoms with Crippen LogP contribution in [0.1, 0.15) is 0 Å². The minimum absolute atomic E-state index is 0.960. The van der Waals surface area contributed by atoms with Gasteiger partial charge in [-0.1, -0.05) is 133 Å². The number of fused-ring (bicyclic) bond motifs is 4. The zero-order valence-electron chi connectivity index (χ0n) is 22.9. The minimum atomic E-state index is 0.960. The summed E-state index contributed by atoms with van der Waals surface area (Å²) in [5.41, 5.74) is 11.1. The van der Waals surface area contributed by atoms with Crippen molar-refractivity contribution in [1.82, 2.24) is 9.97 Å². The molecule has 6 aromatic carbocycles. The lowest BCUT2D eigenvalue weighted by Crippen LogP contribution is -1.93. The molecular formula is C40H26N2. The molecule has 0 fully saturated rings.